The van der Waals surface area contributed by atoms with Gasteiger partial charge in [0.2, 0.25) is 0 Å². The highest BCUT2D eigenvalue weighted by Gasteiger charge is 2.14. The Labute approximate surface area is 159 Å². The molecule has 1 atom stereocenters. The Hall–Kier alpha value is -3.20. The molecule has 2 aromatic heterocycles. The van der Waals surface area contributed by atoms with E-state index in [0.29, 0.717) is 16.6 Å². The number of aromatic nitrogens is 5. The van der Waals surface area contributed by atoms with Crippen molar-refractivity contribution in [2.75, 3.05) is 6.54 Å². The summed E-state index contributed by atoms with van der Waals surface area (Å²) in [7, 11) is 0. The number of rotatable bonds is 7. The van der Waals surface area contributed by atoms with Gasteiger partial charge in [-0.05, 0) is 31.2 Å². The normalized spacial score (nSPS) is 11.8. The Kier molecular flexibility index (Phi) is 5.82. The molecule has 0 aliphatic heterocycles. The van der Waals surface area contributed by atoms with Crippen LogP contribution in [0.3, 0.4) is 0 Å². The van der Waals surface area contributed by atoms with Gasteiger partial charge in [0.25, 0.3) is 11.5 Å². The molecular weight excluding hydrogens is 372 g/mol. The number of benzene rings is 1. The van der Waals surface area contributed by atoms with E-state index in [1.54, 1.807) is 37.3 Å². The molecule has 1 N–H and O–H groups in total. The quantitative estimate of drug-likeness (QED) is 0.649. The van der Waals surface area contributed by atoms with Crippen molar-refractivity contribution in [2.24, 2.45) is 0 Å². The zero-order chi connectivity index (χ0) is 19.2. The molecule has 0 radical (unpaired) electrons. The van der Waals surface area contributed by atoms with Gasteiger partial charge in [-0.3, -0.25) is 9.59 Å². The van der Waals surface area contributed by atoms with Gasteiger partial charge in [-0.25, -0.2) is 14.3 Å². The molecule has 140 valence electrons. The van der Waals surface area contributed by atoms with Crippen LogP contribution in [0.4, 0.5) is 0 Å². The van der Waals surface area contributed by atoms with E-state index in [9.17, 15) is 9.59 Å². The molecule has 0 saturated carbocycles. The standard InChI is InChI=1S/C17H17ClN6O3/c1-12(27-14-4-2-3-13(18)9-14)17(26)20-7-8-23-16(25)6-5-15(22-23)24-11-19-10-21-24/h2-6,9-12H,7-8H2,1H3,(H,20,26). The molecule has 0 spiro atoms. The number of amides is 1. The molecule has 0 fully saturated rings. The molecule has 2 heterocycles. The first kappa shape index (κ1) is 18.6. The predicted octanol–water partition coefficient (Wildman–Crippen LogP) is 1.06. The second-order valence-corrected chi connectivity index (χ2v) is 6.04. The van der Waals surface area contributed by atoms with Crippen LogP contribution >= 0.6 is 11.6 Å². The summed E-state index contributed by atoms with van der Waals surface area (Å²) in [6, 6.07) is 9.74. The average molecular weight is 389 g/mol. The summed E-state index contributed by atoms with van der Waals surface area (Å²) in [5.74, 6) is 0.648. The van der Waals surface area contributed by atoms with E-state index in [4.69, 9.17) is 16.3 Å². The van der Waals surface area contributed by atoms with Crippen LogP contribution in [0.2, 0.25) is 5.02 Å². The summed E-state index contributed by atoms with van der Waals surface area (Å²) >= 11 is 5.89. The van der Waals surface area contributed by atoms with E-state index < -0.39 is 6.10 Å². The van der Waals surface area contributed by atoms with E-state index in [2.05, 4.69) is 20.5 Å². The average Bonchev–Trinajstić information content (AvgIpc) is 3.18. The summed E-state index contributed by atoms with van der Waals surface area (Å²) in [5, 5.41) is 11.4. The van der Waals surface area contributed by atoms with Gasteiger partial charge in [0, 0.05) is 17.6 Å². The summed E-state index contributed by atoms with van der Waals surface area (Å²) in [6.07, 6.45) is 2.14. The molecule has 27 heavy (non-hydrogen) atoms. The molecule has 1 unspecified atom stereocenters. The maximum atomic E-state index is 12.2. The van der Waals surface area contributed by atoms with Crippen LogP contribution in [0, 0.1) is 0 Å². The van der Waals surface area contributed by atoms with Crippen molar-refractivity contribution < 1.29 is 9.53 Å². The number of carbonyl (C=O) groups is 1. The Balaban J connectivity index is 1.55. The van der Waals surface area contributed by atoms with Crippen LogP contribution in [-0.2, 0) is 11.3 Å². The van der Waals surface area contributed by atoms with Gasteiger partial charge >= 0.3 is 0 Å². The third-order valence-electron chi connectivity index (χ3n) is 3.61. The lowest BCUT2D eigenvalue weighted by Crippen LogP contribution is -2.39. The fraction of sp³-hybridized carbons (Fsp3) is 0.235. The minimum absolute atomic E-state index is 0.205. The molecule has 0 saturated heterocycles. The van der Waals surface area contributed by atoms with E-state index in [-0.39, 0.29) is 24.6 Å². The summed E-state index contributed by atoms with van der Waals surface area (Å²) < 4.78 is 8.24. The van der Waals surface area contributed by atoms with Crippen molar-refractivity contribution in [1.82, 2.24) is 29.9 Å². The maximum Gasteiger partial charge on any atom is 0.266 e. The molecule has 3 aromatic rings. The molecular formula is C17H17ClN6O3. The first-order valence-electron chi connectivity index (χ1n) is 8.16. The maximum absolute atomic E-state index is 12.2. The van der Waals surface area contributed by atoms with Crippen molar-refractivity contribution in [2.45, 2.75) is 19.6 Å². The van der Waals surface area contributed by atoms with Gasteiger partial charge in [0.15, 0.2) is 11.9 Å². The molecule has 0 bridgehead atoms. The zero-order valence-electron chi connectivity index (χ0n) is 14.4. The SMILES string of the molecule is CC(Oc1cccc(Cl)c1)C(=O)NCCn1nc(-n2cncn2)ccc1=O. The van der Waals surface area contributed by atoms with Crippen molar-refractivity contribution in [3.63, 3.8) is 0 Å². The molecule has 10 heteroatoms. The van der Waals surface area contributed by atoms with Crippen molar-refractivity contribution in [3.8, 4) is 11.6 Å². The fourth-order valence-corrected chi connectivity index (χ4v) is 2.45. The summed E-state index contributed by atoms with van der Waals surface area (Å²) in [5.41, 5.74) is -0.281. The van der Waals surface area contributed by atoms with Gasteiger partial charge in [-0.15, -0.1) is 5.10 Å². The lowest BCUT2D eigenvalue weighted by Gasteiger charge is -2.15. The van der Waals surface area contributed by atoms with E-state index in [1.165, 1.54) is 28.1 Å². The Morgan fingerprint density at radius 2 is 2.19 bits per heavy atom. The molecule has 1 amide bonds. The van der Waals surface area contributed by atoms with E-state index >= 15 is 0 Å². The van der Waals surface area contributed by atoms with Crippen LogP contribution < -0.4 is 15.6 Å². The highest BCUT2D eigenvalue weighted by molar-refractivity contribution is 6.30. The zero-order valence-corrected chi connectivity index (χ0v) is 15.2. The number of nitrogens with zero attached hydrogens (tertiary/aromatic N) is 5. The van der Waals surface area contributed by atoms with Crippen molar-refractivity contribution >= 4 is 17.5 Å². The Morgan fingerprint density at radius 1 is 1.33 bits per heavy atom. The van der Waals surface area contributed by atoms with Crippen LogP contribution in [0.15, 0.2) is 53.8 Å². The minimum atomic E-state index is -0.713. The van der Waals surface area contributed by atoms with Gasteiger partial charge in [-0.2, -0.15) is 5.10 Å². The van der Waals surface area contributed by atoms with Gasteiger partial charge < -0.3 is 10.1 Å². The molecule has 1 aromatic carbocycles. The summed E-state index contributed by atoms with van der Waals surface area (Å²) in [6.45, 7) is 2.05. The largest absolute Gasteiger partial charge is 0.481 e. The summed E-state index contributed by atoms with van der Waals surface area (Å²) in [4.78, 5) is 27.9. The number of hydrogen-bond acceptors (Lipinski definition) is 6. The second-order valence-electron chi connectivity index (χ2n) is 5.60. The monoisotopic (exact) mass is 388 g/mol. The Morgan fingerprint density at radius 3 is 2.93 bits per heavy atom. The number of halogens is 1. The smallest absolute Gasteiger partial charge is 0.266 e. The van der Waals surface area contributed by atoms with Crippen LogP contribution in [0.1, 0.15) is 6.92 Å². The topological polar surface area (TPSA) is 104 Å². The number of hydrogen-bond donors (Lipinski definition) is 1. The van der Waals surface area contributed by atoms with Crippen molar-refractivity contribution in [1.29, 1.82) is 0 Å². The van der Waals surface area contributed by atoms with Crippen LogP contribution in [-0.4, -0.2) is 43.1 Å². The fourth-order valence-electron chi connectivity index (χ4n) is 2.27. The van der Waals surface area contributed by atoms with Crippen molar-refractivity contribution in [3.05, 3.63) is 64.4 Å². The first-order chi connectivity index (χ1) is 13.0. The van der Waals surface area contributed by atoms with E-state index in [1.807, 2.05) is 0 Å². The van der Waals surface area contributed by atoms with Crippen LogP contribution in [0.5, 0.6) is 5.75 Å². The minimum Gasteiger partial charge on any atom is -0.481 e. The van der Waals surface area contributed by atoms with Gasteiger partial charge in [-0.1, -0.05) is 17.7 Å². The number of nitrogens with one attached hydrogen (secondary N) is 1. The number of carbonyl (C=O) groups excluding carboxylic acids is 1. The van der Waals surface area contributed by atoms with Crippen LogP contribution in [0.25, 0.3) is 5.82 Å². The van der Waals surface area contributed by atoms with Gasteiger partial charge in [0.05, 0.1) is 6.54 Å². The predicted molar refractivity (Wildman–Crippen MR) is 98.0 cm³/mol. The first-order valence-corrected chi connectivity index (χ1v) is 8.54. The molecule has 3 rings (SSSR count). The number of ether oxygens (including phenoxy) is 1. The van der Waals surface area contributed by atoms with Gasteiger partial charge in [0.1, 0.15) is 18.4 Å². The second kappa shape index (κ2) is 8.45. The highest BCUT2D eigenvalue weighted by atomic mass is 35.5. The lowest BCUT2D eigenvalue weighted by molar-refractivity contribution is -0.127. The third kappa shape index (κ3) is 4.91. The highest BCUT2D eigenvalue weighted by Crippen LogP contribution is 2.18. The molecule has 9 nitrogen and oxygen atoms in total. The Bertz CT molecular complexity index is 973. The van der Waals surface area contributed by atoms with E-state index in [0.717, 1.165) is 0 Å². The lowest BCUT2D eigenvalue weighted by atomic mass is 10.3. The molecule has 0 aliphatic rings. The molecule has 0 aliphatic carbocycles. The third-order valence-corrected chi connectivity index (χ3v) is 3.84.